The minimum Gasteiger partial charge on any atom is -0.278 e. The number of rotatable bonds is 8. The number of hydrogen-bond acceptors (Lipinski definition) is 3. The Labute approximate surface area is 337 Å². The van der Waals surface area contributed by atoms with E-state index < -0.39 is 5.41 Å². The molecule has 0 radical (unpaired) electrons. The third-order valence-electron chi connectivity index (χ3n) is 11.3. The highest BCUT2D eigenvalue weighted by Crippen LogP contribution is 2.46. The molecule has 0 amide bonds. The number of nitrogens with zero attached hydrogens (tertiary/aromatic N) is 5. The van der Waals surface area contributed by atoms with E-state index in [-0.39, 0.29) is 0 Å². The van der Waals surface area contributed by atoms with Gasteiger partial charge in [0, 0.05) is 21.7 Å². The summed E-state index contributed by atoms with van der Waals surface area (Å²) in [5.41, 5.74) is 9.79. The van der Waals surface area contributed by atoms with Crippen molar-refractivity contribution in [2.45, 2.75) is 12.3 Å². The monoisotopic (exact) mass is 743 g/mol. The van der Waals surface area contributed by atoms with Gasteiger partial charge in [-0.2, -0.15) is 15.0 Å². The zero-order valence-electron chi connectivity index (χ0n) is 31.9. The molecule has 0 aliphatic carbocycles. The lowest BCUT2D eigenvalue weighted by atomic mass is 9.65. The van der Waals surface area contributed by atoms with E-state index in [4.69, 9.17) is 21.4 Å². The van der Waals surface area contributed by atoms with Crippen LogP contribution in [0, 0.1) is 19.3 Å². The van der Waals surface area contributed by atoms with Gasteiger partial charge in [-0.25, -0.2) is 0 Å². The number of benzene rings is 7. The number of terminal acetylenes is 1. The molecule has 3 aromatic heterocycles. The molecule has 58 heavy (non-hydrogen) atoms. The van der Waals surface area contributed by atoms with Gasteiger partial charge in [0.1, 0.15) is 0 Å². The standard InChI is InChI=1S/C53H37N5/c1-3-4-32-46-37(2)43-29-14-17-33-47(43)57(46)51-54-50(55-52(56-51)58-48-34-18-15-30-44(48)45-31-16-19-35-49(45)58)38-21-20-28-42(36-38)53(39-22-8-5-9-23-39,40-24-10-6-11-25-40)41-26-12-7-13-27-41/h1,4-36H,2H3/b32-4-. The van der Waals surface area contributed by atoms with Crippen molar-refractivity contribution in [3.8, 4) is 35.6 Å². The van der Waals surface area contributed by atoms with Crippen molar-refractivity contribution >= 4 is 38.8 Å². The molecule has 0 aliphatic heterocycles. The molecule has 5 heteroatoms. The van der Waals surface area contributed by atoms with E-state index in [0.29, 0.717) is 17.7 Å². The molecule has 0 atom stereocenters. The second-order valence-corrected chi connectivity index (χ2v) is 14.4. The van der Waals surface area contributed by atoms with E-state index in [0.717, 1.165) is 71.8 Å². The fourth-order valence-corrected chi connectivity index (χ4v) is 8.74. The first-order chi connectivity index (χ1) is 28.7. The minimum absolute atomic E-state index is 0.494. The van der Waals surface area contributed by atoms with E-state index in [1.54, 1.807) is 6.08 Å². The normalized spacial score (nSPS) is 11.8. The van der Waals surface area contributed by atoms with Crippen molar-refractivity contribution in [1.82, 2.24) is 24.1 Å². The summed E-state index contributed by atoms with van der Waals surface area (Å²) in [5.74, 6) is 4.25. The minimum atomic E-state index is -0.647. The van der Waals surface area contributed by atoms with Crippen LogP contribution in [0.25, 0.3) is 62.1 Å². The highest BCUT2D eigenvalue weighted by Gasteiger charge is 2.38. The number of allylic oxidation sites excluding steroid dienone is 1. The lowest BCUT2D eigenvalue weighted by molar-refractivity contribution is 0.745. The molecule has 0 saturated carbocycles. The van der Waals surface area contributed by atoms with Gasteiger partial charge in [-0.3, -0.25) is 9.13 Å². The second kappa shape index (κ2) is 14.4. The summed E-state index contributed by atoms with van der Waals surface area (Å²) in [5, 5.41) is 3.35. The Kier molecular flexibility index (Phi) is 8.58. The summed E-state index contributed by atoms with van der Waals surface area (Å²) in [7, 11) is 0. The molecule has 0 aliphatic rings. The first-order valence-electron chi connectivity index (χ1n) is 19.4. The Morgan fingerprint density at radius 1 is 0.483 bits per heavy atom. The second-order valence-electron chi connectivity index (χ2n) is 14.4. The molecule has 0 saturated heterocycles. The molecule has 0 unspecified atom stereocenters. The first-order valence-corrected chi connectivity index (χ1v) is 19.4. The molecule has 7 aromatic carbocycles. The molecule has 274 valence electrons. The van der Waals surface area contributed by atoms with Crippen LogP contribution in [0.5, 0.6) is 0 Å². The van der Waals surface area contributed by atoms with E-state index >= 15 is 0 Å². The van der Waals surface area contributed by atoms with Crippen LogP contribution in [0.3, 0.4) is 0 Å². The number of para-hydroxylation sites is 3. The van der Waals surface area contributed by atoms with Crippen LogP contribution in [0.15, 0.2) is 194 Å². The molecule has 0 spiro atoms. The molecular weight excluding hydrogens is 707 g/mol. The molecule has 3 heterocycles. The quantitative estimate of drug-likeness (QED) is 0.115. The highest BCUT2D eigenvalue weighted by molar-refractivity contribution is 6.09. The van der Waals surface area contributed by atoms with Crippen LogP contribution in [0.2, 0.25) is 0 Å². The summed E-state index contributed by atoms with van der Waals surface area (Å²) in [6.07, 6.45) is 9.48. The topological polar surface area (TPSA) is 48.5 Å². The molecular formula is C53H37N5. The maximum absolute atomic E-state index is 5.79. The highest BCUT2D eigenvalue weighted by atomic mass is 15.3. The van der Waals surface area contributed by atoms with Crippen LogP contribution < -0.4 is 0 Å². The predicted octanol–water partition coefficient (Wildman–Crippen LogP) is 11.9. The summed E-state index contributed by atoms with van der Waals surface area (Å²) < 4.78 is 4.26. The van der Waals surface area contributed by atoms with Crippen molar-refractivity contribution < 1.29 is 0 Å². The summed E-state index contributed by atoms with van der Waals surface area (Å²) in [6.45, 7) is 2.12. The van der Waals surface area contributed by atoms with Gasteiger partial charge in [0.25, 0.3) is 0 Å². The summed E-state index contributed by atoms with van der Waals surface area (Å²) in [6, 6.07) is 66.1. The smallest absolute Gasteiger partial charge is 0.240 e. The number of aromatic nitrogens is 5. The molecule has 10 aromatic rings. The Morgan fingerprint density at radius 3 is 1.47 bits per heavy atom. The SMILES string of the molecule is C#C/C=C\c1c(C)c2ccccc2n1-c1nc(-c2cccc(C(c3ccccc3)(c3ccccc3)c3ccccc3)c2)nc(-n2c3ccccc3c3ccccc32)n1. The van der Waals surface area contributed by atoms with Gasteiger partial charge in [0.05, 0.1) is 27.7 Å². The van der Waals surface area contributed by atoms with Gasteiger partial charge >= 0.3 is 0 Å². The van der Waals surface area contributed by atoms with Crippen LogP contribution >= 0.6 is 0 Å². The van der Waals surface area contributed by atoms with E-state index in [2.05, 4.69) is 204 Å². The van der Waals surface area contributed by atoms with Crippen molar-refractivity contribution in [2.24, 2.45) is 0 Å². The van der Waals surface area contributed by atoms with Crippen LogP contribution in [-0.2, 0) is 5.41 Å². The Hall–Kier alpha value is -7.81. The summed E-state index contributed by atoms with van der Waals surface area (Å²) >= 11 is 0. The third kappa shape index (κ3) is 5.54. The summed E-state index contributed by atoms with van der Waals surface area (Å²) in [4.78, 5) is 16.1. The Morgan fingerprint density at radius 2 is 0.931 bits per heavy atom. The average Bonchev–Trinajstić information content (AvgIpc) is 3.78. The number of fused-ring (bicyclic) bond motifs is 4. The average molecular weight is 744 g/mol. The van der Waals surface area contributed by atoms with E-state index in [9.17, 15) is 0 Å². The third-order valence-corrected chi connectivity index (χ3v) is 11.3. The van der Waals surface area contributed by atoms with Crippen LogP contribution in [-0.4, -0.2) is 24.1 Å². The van der Waals surface area contributed by atoms with Gasteiger partial charge in [0.2, 0.25) is 11.9 Å². The largest absolute Gasteiger partial charge is 0.278 e. The van der Waals surface area contributed by atoms with E-state index in [1.165, 1.54) is 0 Å². The van der Waals surface area contributed by atoms with Crippen molar-refractivity contribution in [2.75, 3.05) is 0 Å². The van der Waals surface area contributed by atoms with Crippen LogP contribution in [0.4, 0.5) is 0 Å². The van der Waals surface area contributed by atoms with E-state index in [1.807, 2.05) is 12.1 Å². The molecule has 0 N–H and O–H groups in total. The zero-order chi connectivity index (χ0) is 39.1. The van der Waals surface area contributed by atoms with Crippen molar-refractivity contribution in [3.05, 3.63) is 228 Å². The fraction of sp³-hybridized carbons (Fsp3) is 0.0377. The lowest BCUT2D eigenvalue weighted by Gasteiger charge is -2.37. The fourth-order valence-electron chi connectivity index (χ4n) is 8.74. The van der Waals surface area contributed by atoms with Crippen LogP contribution in [0.1, 0.15) is 33.5 Å². The lowest BCUT2D eigenvalue weighted by Crippen LogP contribution is -2.31. The molecule has 0 bridgehead atoms. The molecule has 0 fully saturated rings. The maximum atomic E-state index is 5.79. The Bertz CT molecular complexity index is 3040. The van der Waals surface area contributed by atoms with Crippen molar-refractivity contribution in [1.29, 1.82) is 0 Å². The van der Waals surface area contributed by atoms with Gasteiger partial charge in [-0.15, -0.1) is 6.42 Å². The number of aryl methyl sites for hydroxylation is 1. The predicted molar refractivity (Wildman–Crippen MR) is 237 cm³/mol. The van der Waals surface area contributed by atoms with Gasteiger partial charge in [-0.1, -0.05) is 170 Å². The van der Waals surface area contributed by atoms with Crippen molar-refractivity contribution in [3.63, 3.8) is 0 Å². The van der Waals surface area contributed by atoms with Gasteiger partial charge < -0.3 is 0 Å². The Balaban J connectivity index is 1.29. The first kappa shape index (κ1) is 34.7. The maximum Gasteiger partial charge on any atom is 0.240 e. The number of hydrogen-bond donors (Lipinski definition) is 0. The van der Waals surface area contributed by atoms with Gasteiger partial charge in [0.15, 0.2) is 5.82 Å². The van der Waals surface area contributed by atoms with Gasteiger partial charge in [-0.05, 0) is 71.2 Å². The zero-order valence-corrected chi connectivity index (χ0v) is 31.9. The molecule has 10 rings (SSSR count). The molecule has 5 nitrogen and oxygen atoms in total.